The van der Waals surface area contributed by atoms with Crippen molar-refractivity contribution < 1.29 is 9.32 Å². The van der Waals surface area contributed by atoms with E-state index < -0.39 is 0 Å². The molecule has 0 bridgehead atoms. The smallest absolute Gasteiger partial charge is 0.227 e. The van der Waals surface area contributed by atoms with Crippen LogP contribution in [0.3, 0.4) is 0 Å². The van der Waals surface area contributed by atoms with Crippen molar-refractivity contribution >= 4 is 45.6 Å². The maximum atomic E-state index is 12.1. The second-order valence-corrected chi connectivity index (χ2v) is 7.61. The van der Waals surface area contributed by atoms with Crippen molar-refractivity contribution in [1.29, 1.82) is 0 Å². The molecule has 0 aromatic carbocycles. The first-order valence-corrected chi connectivity index (χ1v) is 9.36. The fourth-order valence-electron chi connectivity index (χ4n) is 2.57. The normalized spacial score (nSPS) is 20.4. The summed E-state index contributed by atoms with van der Waals surface area (Å²) in [6, 6.07) is 2.15. The van der Waals surface area contributed by atoms with Gasteiger partial charge in [-0.1, -0.05) is 12.1 Å². The number of carbonyl (C=O) groups is 1. The van der Waals surface area contributed by atoms with Gasteiger partial charge in [0.05, 0.1) is 4.88 Å². The SMILES string of the molecule is CC1CCNCC1NC(=O)CCc1nc(-c2cc(Br)cs2)no1.Cl. The Morgan fingerprint density at radius 2 is 2.42 bits per heavy atom. The molecule has 1 amide bonds. The third-order valence-electron chi connectivity index (χ3n) is 4.00. The molecule has 2 atom stereocenters. The Kier molecular flexibility index (Phi) is 7.21. The summed E-state index contributed by atoms with van der Waals surface area (Å²) >= 11 is 4.95. The number of thiophene rings is 1. The fraction of sp³-hybridized carbons (Fsp3) is 0.533. The van der Waals surface area contributed by atoms with Crippen LogP contribution >= 0.6 is 39.7 Å². The average Bonchev–Trinajstić information content (AvgIpc) is 3.16. The number of piperidine rings is 1. The van der Waals surface area contributed by atoms with Gasteiger partial charge in [0, 0.05) is 35.3 Å². The van der Waals surface area contributed by atoms with E-state index in [4.69, 9.17) is 4.52 Å². The van der Waals surface area contributed by atoms with E-state index in [1.54, 1.807) is 11.3 Å². The van der Waals surface area contributed by atoms with E-state index >= 15 is 0 Å². The van der Waals surface area contributed by atoms with Crippen molar-refractivity contribution in [3.8, 4) is 10.7 Å². The zero-order valence-electron chi connectivity index (χ0n) is 13.3. The Morgan fingerprint density at radius 3 is 3.12 bits per heavy atom. The summed E-state index contributed by atoms with van der Waals surface area (Å²) in [6.45, 7) is 4.04. The van der Waals surface area contributed by atoms with E-state index in [-0.39, 0.29) is 24.4 Å². The molecule has 3 heterocycles. The number of hydrogen-bond acceptors (Lipinski definition) is 6. The quantitative estimate of drug-likeness (QED) is 0.754. The van der Waals surface area contributed by atoms with Gasteiger partial charge in [-0.2, -0.15) is 4.98 Å². The van der Waals surface area contributed by atoms with Crippen LogP contribution in [0.5, 0.6) is 0 Å². The molecule has 132 valence electrons. The van der Waals surface area contributed by atoms with Crippen LogP contribution in [0.15, 0.2) is 20.4 Å². The highest BCUT2D eigenvalue weighted by atomic mass is 79.9. The molecule has 0 saturated carbocycles. The molecule has 1 aliphatic rings. The van der Waals surface area contributed by atoms with E-state index in [0.29, 0.717) is 30.5 Å². The van der Waals surface area contributed by atoms with Crippen LogP contribution in [0.2, 0.25) is 0 Å². The lowest BCUT2D eigenvalue weighted by Gasteiger charge is -2.30. The number of carbonyl (C=O) groups excluding carboxylic acids is 1. The minimum atomic E-state index is 0. The number of aryl methyl sites for hydroxylation is 1. The standard InChI is InChI=1S/C15H19BrN4O2S.ClH/c1-9-4-5-17-7-11(9)18-13(21)2-3-14-19-15(20-22-14)12-6-10(16)8-23-12;/h6,8-9,11,17H,2-5,7H2,1H3,(H,18,21);1H. The third kappa shape index (κ3) is 5.02. The average molecular weight is 436 g/mol. The lowest BCUT2D eigenvalue weighted by atomic mass is 9.95. The predicted octanol–water partition coefficient (Wildman–Crippen LogP) is 3.03. The number of nitrogens with zero attached hydrogens (tertiary/aromatic N) is 2. The minimum Gasteiger partial charge on any atom is -0.352 e. The highest BCUT2D eigenvalue weighted by molar-refractivity contribution is 9.10. The zero-order chi connectivity index (χ0) is 16.2. The Bertz CT molecular complexity index is 678. The topological polar surface area (TPSA) is 80.0 Å². The highest BCUT2D eigenvalue weighted by Gasteiger charge is 2.22. The van der Waals surface area contributed by atoms with Crippen molar-refractivity contribution in [3.63, 3.8) is 0 Å². The molecule has 2 N–H and O–H groups in total. The maximum absolute atomic E-state index is 12.1. The first-order chi connectivity index (χ1) is 11.1. The summed E-state index contributed by atoms with van der Waals surface area (Å²) < 4.78 is 6.23. The molecule has 0 radical (unpaired) electrons. The second kappa shape index (κ2) is 8.94. The van der Waals surface area contributed by atoms with Crippen LogP contribution in [0, 0.1) is 5.92 Å². The molecular weight excluding hydrogens is 416 g/mol. The van der Waals surface area contributed by atoms with Gasteiger partial charge in [0.1, 0.15) is 0 Å². The monoisotopic (exact) mass is 434 g/mol. The second-order valence-electron chi connectivity index (χ2n) is 5.78. The largest absolute Gasteiger partial charge is 0.352 e. The highest BCUT2D eigenvalue weighted by Crippen LogP contribution is 2.27. The Morgan fingerprint density at radius 1 is 1.58 bits per heavy atom. The number of aromatic nitrogens is 2. The maximum Gasteiger partial charge on any atom is 0.227 e. The Labute approximate surface area is 159 Å². The summed E-state index contributed by atoms with van der Waals surface area (Å²) in [6.07, 6.45) is 1.91. The van der Waals surface area contributed by atoms with Crippen LogP contribution < -0.4 is 10.6 Å². The van der Waals surface area contributed by atoms with Gasteiger partial charge in [0.2, 0.25) is 17.6 Å². The summed E-state index contributed by atoms with van der Waals surface area (Å²) in [5.74, 6) is 1.60. The van der Waals surface area contributed by atoms with Gasteiger partial charge in [0.15, 0.2) is 0 Å². The third-order valence-corrected chi connectivity index (χ3v) is 5.68. The van der Waals surface area contributed by atoms with Crippen LogP contribution in [0.1, 0.15) is 25.7 Å². The first-order valence-electron chi connectivity index (χ1n) is 7.69. The summed E-state index contributed by atoms with van der Waals surface area (Å²) in [5.41, 5.74) is 0. The molecular formula is C15H20BrClN4O2S. The molecule has 6 nitrogen and oxygen atoms in total. The van der Waals surface area contributed by atoms with E-state index in [2.05, 4.69) is 43.6 Å². The van der Waals surface area contributed by atoms with Crippen LogP contribution in [0.4, 0.5) is 0 Å². The molecule has 2 unspecified atom stereocenters. The molecule has 1 fully saturated rings. The first kappa shape index (κ1) is 19.4. The molecule has 2 aromatic rings. The molecule has 9 heteroatoms. The van der Waals surface area contributed by atoms with Gasteiger partial charge in [-0.25, -0.2) is 0 Å². The van der Waals surface area contributed by atoms with Gasteiger partial charge in [-0.15, -0.1) is 23.7 Å². The van der Waals surface area contributed by atoms with Gasteiger partial charge < -0.3 is 15.2 Å². The summed E-state index contributed by atoms with van der Waals surface area (Å²) in [5, 5.41) is 12.3. The number of halogens is 2. The number of amides is 1. The van der Waals surface area contributed by atoms with Crippen molar-refractivity contribution in [2.45, 2.75) is 32.2 Å². The fourth-order valence-corrected chi connectivity index (χ4v) is 3.92. The van der Waals surface area contributed by atoms with E-state index in [0.717, 1.165) is 28.9 Å². The van der Waals surface area contributed by atoms with Gasteiger partial charge in [0.25, 0.3) is 0 Å². The Balaban J connectivity index is 0.00000208. The van der Waals surface area contributed by atoms with Crippen LogP contribution in [-0.4, -0.2) is 35.2 Å². The molecule has 24 heavy (non-hydrogen) atoms. The lowest BCUT2D eigenvalue weighted by Crippen LogP contribution is -2.50. The zero-order valence-corrected chi connectivity index (χ0v) is 16.5. The van der Waals surface area contributed by atoms with Crippen LogP contribution in [-0.2, 0) is 11.2 Å². The summed E-state index contributed by atoms with van der Waals surface area (Å²) in [4.78, 5) is 17.4. The van der Waals surface area contributed by atoms with Gasteiger partial charge >= 0.3 is 0 Å². The molecule has 1 aliphatic heterocycles. The van der Waals surface area contributed by atoms with E-state index in [9.17, 15) is 4.79 Å². The molecule has 3 rings (SSSR count). The number of hydrogen-bond donors (Lipinski definition) is 2. The molecule has 0 spiro atoms. The van der Waals surface area contributed by atoms with Crippen molar-refractivity contribution in [1.82, 2.24) is 20.8 Å². The number of rotatable bonds is 5. The van der Waals surface area contributed by atoms with Gasteiger partial charge in [-0.05, 0) is 40.9 Å². The van der Waals surface area contributed by atoms with Crippen molar-refractivity contribution in [3.05, 3.63) is 21.8 Å². The van der Waals surface area contributed by atoms with E-state index in [1.165, 1.54) is 0 Å². The van der Waals surface area contributed by atoms with E-state index in [1.807, 2.05) is 11.4 Å². The molecule has 0 aliphatic carbocycles. The predicted molar refractivity (Wildman–Crippen MR) is 99.5 cm³/mol. The number of nitrogens with one attached hydrogen (secondary N) is 2. The van der Waals surface area contributed by atoms with Crippen molar-refractivity contribution in [2.75, 3.05) is 13.1 Å². The van der Waals surface area contributed by atoms with Crippen molar-refractivity contribution in [2.24, 2.45) is 5.92 Å². The minimum absolute atomic E-state index is 0. The molecule has 1 saturated heterocycles. The summed E-state index contributed by atoms with van der Waals surface area (Å²) in [7, 11) is 0. The lowest BCUT2D eigenvalue weighted by molar-refractivity contribution is -0.122. The Hall–Kier alpha value is -0.960. The van der Waals surface area contributed by atoms with Gasteiger partial charge in [-0.3, -0.25) is 4.79 Å². The van der Waals surface area contributed by atoms with Crippen LogP contribution in [0.25, 0.3) is 10.7 Å². The molecule has 2 aromatic heterocycles.